The van der Waals surface area contributed by atoms with Crippen molar-refractivity contribution < 1.29 is 31.6 Å². The lowest BCUT2D eigenvalue weighted by atomic mass is 10.0. The average molecular weight is 519 g/mol. The van der Waals surface area contributed by atoms with Crippen LogP contribution in [0, 0.1) is 5.92 Å². The Bertz CT molecular complexity index is 1110. The van der Waals surface area contributed by atoms with Crippen LogP contribution in [-0.4, -0.2) is 41.0 Å². The number of methoxy groups -OCH3 is 2. The summed E-state index contributed by atoms with van der Waals surface area (Å²) in [6.07, 6.45) is 7.27. The fraction of sp³-hybridized carbons (Fsp3) is 0.536. The van der Waals surface area contributed by atoms with Gasteiger partial charge in [-0.2, -0.15) is 8.42 Å². The van der Waals surface area contributed by atoms with E-state index in [0.29, 0.717) is 30.9 Å². The van der Waals surface area contributed by atoms with E-state index < -0.39 is 10.1 Å². The average Bonchev–Trinajstić information content (AvgIpc) is 3.70. The summed E-state index contributed by atoms with van der Waals surface area (Å²) in [5.74, 6) is 1.94. The van der Waals surface area contributed by atoms with Gasteiger partial charge in [-0.15, -0.1) is 0 Å². The predicted octanol–water partition coefficient (Wildman–Crippen LogP) is 5.27. The van der Waals surface area contributed by atoms with Gasteiger partial charge < -0.3 is 18.4 Å². The van der Waals surface area contributed by atoms with Gasteiger partial charge in [-0.3, -0.25) is 4.79 Å². The van der Waals surface area contributed by atoms with Crippen LogP contribution in [-0.2, 0) is 38.9 Å². The zero-order chi connectivity index (χ0) is 26.0. The van der Waals surface area contributed by atoms with Gasteiger partial charge in [0.25, 0.3) is 0 Å². The third-order valence-corrected chi connectivity index (χ3v) is 7.47. The summed E-state index contributed by atoms with van der Waals surface area (Å²) < 4.78 is 45.9. The summed E-state index contributed by atoms with van der Waals surface area (Å²) in [4.78, 5) is 11.5. The molecule has 2 aromatic rings. The van der Waals surface area contributed by atoms with Crippen LogP contribution in [0.25, 0.3) is 0 Å². The van der Waals surface area contributed by atoms with Crippen molar-refractivity contribution >= 4 is 16.1 Å². The van der Waals surface area contributed by atoms with Crippen LogP contribution in [0.4, 0.5) is 0 Å². The predicted molar refractivity (Wildman–Crippen MR) is 139 cm³/mol. The Hall–Kier alpha value is -2.74. The fourth-order valence-electron chi connectivity index (χ4n) is 3.85. The number of hydrogen-bond donors (Lipinski definition) is 0. The quantitative estimate of drug-likeness (QED) is 0.221. The van der Waals surface area contributed by atoms with Crippen LogP contribution < -0.4 is 13.7 Å². The van der Waals surface area contributed by atoms with Crippen molar-refractivity contribution in [2.75, 3.05) is 26.6 Å². The third kappa shape index (κ3) is 9.04. The van der Waals surface area contributed by atoms with Crippen molar-refractivity contribution in [3.8, 4) is 17.2 Å². The summed E-state index contributed by atoms with van der Waals surface area (Å²) in [7, 11) is -0.727. The highest BCUT2D eigenvalue weighted by Crippen LogP contribution is 2.32. The minimum atomic E-state index is -3.64. The molecule has 7 nitrogen and oxygen atoms in total. The molecule has 1 aliphatic carbocycles. The minimum absolute atomic E-state index is 0.0129. The van der Waals surface area contributed by atoms with Gasteiger partial charge in [0.15, 0.2) is 11.5 Å². The SMILES string of the molecule is CCCCS(=O)(=O)Oc1ccc(CCCc2ccc(CCC(=O)OC)cc2OCC2CC2)cc1OC. The summed E-state index contributed by atoms with van der Waals surface area (Å²) in [5.41, 5.74) is 3.25. The van der Waals surface area contributed by atoms with E-state index in [4.69, 9.17) is 18.4 Å². The Morgan fingerprint density at radius 1 is 0.917 bits per heavy atom. The Morgan fingerprint density at radius 2 is 1.64 bits per heavy atom. The molecular weight excluding hydrogens is 480 g/mol. The molecule has 0 saturated heterocycles. The number of rotatable bonds is 16. The maximum atomic E-state index is 12.2. The van der Waals surface area contributed by atoms with E-state index in [0.717, 1.165) is 54.7 Å². The topological polar surface area (TPSA) is 88.1 Å². The molecule has 3 rings (SSSR count). The van der Waals surface area contributed by atoms with Crippen LogP contribution in [0.1, 0.15) is 62.1 Å². The van der Waals surface area contributed by atoms with Gasteiger partial charge in [-0.1, -0.05) is 31.5 Å². The van der Waals surface area contributed by atoms with E-state index in [9.17, 15) is 13.2 Å². The number of hydrogen-bond acceptors (Lipinski definition) is 7. The molecule has 2 aromatic carbocycles. The molecule has 0 N–H and O–H groups in total. The molecule has 1 fully saturated rings. The molecule has 0 radical (unpaired) electrons. The third-order valence-electron chi connectivity index (χ3n) is 6.25. The molecule has 0 heterocycles. The molecule has 1 aliphatic rings. The molecule has 0 aromatic heterocycles. The van der Waals surface area contributed by atoms with Gasteiger partial charge in [-0.25, -0.2) is 0 Å². The zero-order valence-corrected chi connectivity index (χ0v) is 22.4. The van der Waals surface area contributed by atoms with Gasteiger partial charge in [0.1, 0.15) is 5.75 Å². The van der Waals surface area contributed by atoms with Crippen molar-refractivity contribution in [2.24, 2.45) is 5.92 Å². The molecule has 0 aliphatic heterocycles. The van der Waals surface area contributed by atoms with Gasteiger partial charge in [0, 0.05) is 6.42 Å². The van der Waals surface area contributed by atoms with Crippen molar-refractivity contribution in [1.82, 2.24) is 0 Å². The Morgan fingerprint density at radius 3 is 2.33 bits per heavy atom. The van der Waals surface area contributed by atoms with Gasteiger partial charge in [-0.05, 0) is 85.8 Å². The van der Waals surface area contributed by atoms with E-state index in [1.807, 2.05) is 19.1 Å². The first-order chi connectivity index (χ1) is 17.3. The summed E-state index contributed by atoms with van der Waals surface area (Å²) in [5, 5.41) is 0. The second-order valence-electron chi connectivity index (χ2n) is 9.31. The maximum absolute atomic E-state index is 12.2. The molecule has 0 amide bonds. The highest BCUT2D eigenvalue weighted by molar-refractivity contribution is 7.87. The maximum Gasteiger partial charge on any atom is 0.309 e. The summed E-state index contributed by atoms with van der Waals surface area (Å²) >= 11 is 0. The number of benzene rings is 2. The second kappa shape index (κ2) is 13.5. The van der Waals surface area contributed by atoms with Crippen molar-refractivity contribution in [2.45, 2.75) is 64.7 Å². The van der Waals surface area contributed by atoms with Crippen molar-refractivity contribution in [3.05, 3.63) is 53.1 Å². The Labute approximate surface area is 215 Å². The number of ether oxygens (including phenoxy) is 3. The largest absolute Gasteiger partial charge is 0.493 e. The second-order valence-corrected chi connectivity index (χ2v) is 11.0. The van der Waals surface area contributed by atoms with Crippen LogP contribution in [0.3, 0.4) is 0 Å². The molecular formula is C28H38O7S. The van der Waals surface area contributed by atoms with Crippen LogP contribution >= 0.6 is 0 Å². The molecule has 36 heavy (non-hydrogen) atoms. The van der Waals surface area contributed by atoms with E-state index in [1.54, 1.807) is 6.07 Å². The zero-order valence-electron chi connectivity index (χ0n) is 21.6. The van der Waals surface area contributed by atoms with E-state index in [-0.39, 0.29) is 17.5 Å². The number of unbranched alkanes of at least 4 members (excludes halogenated alkanes) is 1. The molecule has 198 valence electrons. The first kappa shape index (κ1) is 27.8. The standard InChI is InChI=1S/C28H38O7S/c1-4-5-17-36(30,31)35-25-15-12-21(19-27(25)32-2)7-6-8-24-14-11-22(13-16-28(29)33-3)18-26(24)34-20-23-9-10-23/h11-12,14-15,18-19,23H,4-10,13,16-17,20H2,1-3H3. The lowest BCUT2D eigenvalue weighted by Gasteiger charge is -2.14. The number of esters is 1. The molecule has 0 atom stereocenters. The first-order valence-electron chi connectivity index (χ1n) is 12.7. The number of carbonyl (C=O) groups excluding carboxylic acids is 1. The molecule has 1 saturated carbocycles. The number of carbonyl (C=O) groups is 1. The van der Waals surface area contributed by atoms with Crippen LogP contribution in [0.2, 0.25) is 0 Å². The normalized spacial score (nSPS) is 13.3. The van der Waals surface area contributed by atoms with Gasteiger partial charge >= 0.3 is 16.1 Å². The van der Waals surface area contributed by atoms with E-state index in [1.165, 1.54) is 27.1 Å². The van der Waals surface area contributed by atoms with Gasteiger partial charge in [0.05, 0.1) is 26.6 Å². The monoisotopic (exact) mass is 518 g/mol. The van der Waals surface area contributed by atoms with E-state index >= 15 is 0 Å². The van der Waals surface area contributed by atoms with E-state index in [2.05, 4.69) is 18.2 Å². The highest BCUT2D eigenvalue weighted by Gasteiger charge is 2.22. The smallest absolute Gasteiger partial charge is 0.309 e. The molecule has 0 spiro atoms. The molecule has 8 heteroatoms. The Kier molecular flexibility index (Phi) is 10.5. The summed E-state index contributed by atoms with van der Waals surface area (Å²) in [6, 6.07) is 11.6. The first-order valence-corrected chi connectivity index (χ1v) is 14.3. The molecule has 0 unspecified atom stereocenters. The van der Waals surface area contributed by atoms with Gasteiger partial charge in [0.2, 0.25) is 0 Å². The van der Waals surface area contributed by atoms with Crippen LogP contribution in [0.15, 0.2) is 36.4 Å². The minimum Gasteiger partial charge on any atom is -0.493 e. The highest BCUT2D eigenvalue weighted by atomic mass is 32.2. The molecule has 0 bridgehead atoms. The lowest BCUT2D eigenvalue weighted by Crippen LogP contribution is -2.14. The fourth-order valence-corrected chi connectivity index (χ4v) is 4.99. The van der Waals surface area contributed by atoms with Crippen LogP contribution in [0.5, 0.6) is 17.2 Å². The lowest BCUT2D eigenvalue weighted by molar-refractivity contribution is -0.140. The van der Waals surface area contributed by atoms with Crippen molar-refractivity contribution in [1.29, 1.82) is 0 Å². The van der Waals surface area contributed by atoms with Crippen molar-refractivity contribution in [3.63, 3.8) is 0 Å². The number of aryl methyl sites for hydroxylation is 3. The Balaban J connectivity index is 1.62. The summed E-state index contributed by atoms with van der Waals surface area (Å²) in [6.45, 7) is 2.67.